The van der Waals surface area contributed by atoms with Crippen LogP contribution in [0.2, 0.25) is 10.0 Å². The Morgan fingerprint density at radius 2 is 1.05 bits per heavy atom. The number of hydrogen-bond donors (Lipinski definition) is 0. The first-order chi connectivity index (χ1) is 9.65. The molecule has 0 N–H and O–H groups in total. The van der Waals surface area contributed by atoms with Crippen LogP contribution in [0, 0.1) is 0 Å². The smallest absolute Gasteiger partial charge is 0.151 e. The third kappa shape index (κ3) is 1.89. The average Bonchev–Trinajstić information content (AvgIpc) is 2.44. The zero-order valence-electron chi connectivity index (χ0n) is 10.2. The molecule has 0 atom stereocenters. The van der Waals surface area contributed by atoms with Crippen LogP contribution in [0.4, 0.5) is 0 Å². The van der Waals surface area contributed by atoms with Crippen LogP contribution in [-0.4, -0.2) is 12.6 Å². The Morgan fingerprint density at radius 1 is 0.650 bits per heavy atom. The van der Waals surface area contributed by atoms with Crippen LogP contribution in [0.25, 0.3) is 21.5 Å². The standard InChI is InChI=1S/C16H8Cl2O2/c17-9-1-3-11-13(5-9)16(8-20)12-4-2-10(18)6-14(12)15(11)7-19/h1-8H. The largest absolute Gasteiger partial charge is 0.298 e. The lowest BCUT2D eigenvalue weighted by Crippen LogP contribution is -1.94. The lowest BCUT2D eigenvalue weighted by Gasteiger charge is -2.11. The normalized spacial score (nSPS) is 10.9. The monoisotopic (exact) mass is 302 g/mol. The van der Waals surface area contributed by atoms with E-state index in [1.807, 2.05) is 0 Å². The van der Waals surface area contributed by atoms with Crippen LogP contribution in [0.15, 0.2) is 36.4 Å². The average molecular weight is 303 g/mol. The van der Waals surface area contributed by atoms with Gasteiger partial charge in [-0.2, -0.15) is 0 Å². The van der Waals surface area contributed by atoms with Gasteiger partial charge in [0.1, 0.15) is 0 Å². The van der Waals surface area contributed by atoms with Crippen LogP contribution in [0.5, 0.6) is 0 Å². The summed E-state index contributed by atoms with van der Waals surface area (Å²) >= 11 is 12.0. The number of aldehydes is 2. The molecule has 3 aromatic carbocycles. The maximum Gasteiger partial charge on any atom is 0.151 e. The van der Waals surface area contributed by atoms with E-state index in [-0.39, 0.29) is 0 Å². The quantitative estimate of drug-likeness (QED) is 0.497. The van der Waals surface area contributed by atoms with Crippen LogP contribution >= 0.6 is 23.2 Å². The van der Waals surface area contributed by atoms with Crippen molar-refractivity contribution >= 4 is 57.3 Å². The highest BCUT2D eigenvalue weighted by atomic mass is 35.5. The van der Waals surface area contributed by atoms with E-state index in [2.05, 4.69) is 0 Å². The third-order valence-electron chi connectivity index (χ3n) is 3.36. The Hall–Kier alpha value is -1.90. The molecule has 3 aromatic rings. The molecule has 0 fully saturated rings. The van der Waals surface area contributed by atoms with Gasteiger partial charge in [-0.3, -0.25) is 9.59 Å². The minimum Gasteiger partial charge on any atom is -0.298 e. The highest BCUT2D eigenvalue weighted by Gasteiger charge is 2.13. The lowest BCUT2D eigenvalue weighted by molar-refractivity contribution is 0.111. The van der Waals surface area contributed by atoms with Crippen molar-refractivity contribution in [1.82, 2.24) is 0 Å². The van der Waals surface area contributed by atoms with E-state index in [1.165, 1.54) is 0 Å². The summed E-state index contributed by atoms with van der Waals surface area (Å²) in [6.07, 6.45) is 1.56. The molecular weight excluding hydrogens is 295 g/mol. The summed E-state index contributed by atoms with van der Waals surface area (Å²) in [6.45, 7) is 0. The highest BCUT2D eigenvalue weighted by molar-refractivity contribution is 6.33. The van der Waals surface area contributed by atoms with Gasteiger partial charge in [0.25, 0.3) is 0 Å². The molecule has 2 nitrogen and oxygen atoms in total. The number of fused-ring (bicyclic) bond motifs is 2. The Labute approximate surface area is 124 Å². The van der Waals surface area contributed by atoms with Crippen LogP contribution < -0.4 is 0 Å². The second-order valence-corrected chi connectivity index (χ2v) is 5.32. The number of carbonyl (C=O) groups is 2. The van der Waals surface area contributed by atoms with Gasteiger partial charge in [0.05, 0.1) is 0 Å². The summed E-state index contributed by atoms with van der Waals surface area (Å²) in [5.74, 6) is 0. The van der Waals surface area contributed by atoms with E-state index in [4.69, 9.17) is 23.2 Å². The summed E-state index contributed by atoms with van der Waals surface area (Å²) in [6, 6.07) is 10.3. The first-order valence-electron chi connectivity index (χ1n) is 5.90. The van der Waals surface area contributed by atoms with Crippen molar-refractivity contribution < 1.29 is 9.59 Å². The first-order valence-corrected chi connectivity index (χ1v) is 6.66. The Kier molecular flexibility index (Phi) is 3.20. The summed E-state index contributed by atoms with van der Waals surface area (Å²) in [7, 11) is 0. The van der Waals surface area contributed by atoms with Gasteiger partial charge in [0.15, 0.2) is 12.6 Å². The predicted molar refractivity (Wildman–Crippen MR) is 82.2 cm³/mol. The Morgan fingerprint density at radius 3 is 1.40 bits per heavy atom. The van der Waals surface area contributed by atoms with Gasteiger partial charge in [-0.05, 0) is 45.8 Å². The van der Waals surface area contributed by atoms with E-state index >= 15 is 0 Å². The second kappa shape index (κ2) is 4.89. The number of halogens is 2. The SMILES string of the molecule is O=Cc1c2ccc(Cl)cc2c(C=O)c2ccc(Cl)cc12. The van der Waals surface area contributed by atoms with Gasteiger partial charge in [0, 0.05) is 21.2 Å². The molecule has 98 valence electrons. The molecule has 3 rings (SSSR count). The summed E-state index contributed by atoms with van der Waals surface area (Å²) < 4.78 is 0. The fourth-order valence-corrected chi connectivity index (χ4v) is 2.84. The predicted octanol–water partition coefficient (Wildman–Crippen LogP) is 4.92. The maximum absolute atomic E-state index is 11.5. The molecule has 0 bridgehead atoms. The van der Waals surface area contributed by atoms with Gasteiger partial charge < -0.3 is 0 Å². The maximum atomic E-state index is 11.5. The van der Waals surface area contributed by atoms with E-state index < -0.39 is 0 Å². The number of rotatable bonds is 2. The molecule has 0 heterocycles. The Bertz CT molecular complexity index is 796. The van der Waals surface area contributed by atoms with E-state index in [0.717, 1.165) is 12.6 Å². The summed E-state index contributed by atoms with van der Waals surface area (Å²) in [4.78, 5) is 22.9. The zero-order valence-corrected chi connectivity index (χ0v) is 11.7. The van der Waals surface area contributed by atoms with Crippen LogP contribution in [0.3, 0.4) is 0 Å². The summed E-state index contributed by atoms with van der Waals surface area (Å²) in [5.41, 5.74) is 1.03. The minimum absolute atomic E-state index is 0.514. The molecule has 0 unspecified atom stereocenters. The van der Waals surface area contributed by atoms with Gasteiger partial charge in [-0.1, -0.05) is 35.3 Å². The fourth-order valence-electron chi connectivity index (χ4n) is 2.49. The molecule has 0 spiro atoms. The topological polar surface area (TPSA) is 34.1 Å². The molecule has 0 saturated carbocycles. The zero-order chi connectivity index (χ0) is 14.3. The molecule has 20 heavy (non-hydrogen) atoms. The highest BCUT2D eigenvalue weighted by Crippen LogP contribution is 2.34. The van der Waals surface area contributed by atoms with Crippen LogP contribution in [-0.2, 0) is 0 Å². The lowest BCUT2D eigenvalue weighted by atomic mass is 9.93. The van der Waals surface area contributed by atoms with E-state index in [0.29, 0.717) is 42.7 Å². The van der Waals surface area contributed by atoms with Gasteiger partial charge in [-0.15, -0.1) is 0 Å². The van der Waals surface area contributed by atoms with Crippen molar-refractivity contribution in [3.8, 4) is 0 Å². The second-order valence-electron chi connectivity index (χ2n) is 4.44. The molecule has 4 heteroatoms. The molecular formula is C16H8Cl2O2. The Balaban J connectivity index is 2.67. The van der Waals surface area contributed by atoms with Crippen LogP contribution in [0.1, 0.15) is 20.7 Å². The third-order valence-corrected chi connectivity index (χ3v) is 3.83. The number of carbonyl (C=O) groups excluding carboxylic acids is 2. The van der Waals surface area contributed by atoms with E-state index in [9.17, 15) is 9.59 Å². The van der Waals surface area contributed by atoms with Crippen molar-refractivity contribution in [3.63, 3.8) is 0 Å². The molecule has 0 radical (unpaired) electrons. The first kappa shape index (κ1) is 13.1. The fraction of sp³-hybridized carbons (Fsp3) is 0. The molecule has 0 aliphatic carbocycles. The van der Waals surface area contributed by atoms with Gasteiger partial charge in [-0.25, -0.2) is 0 Å². The summed E-state index contributed by atoms with van der Waals surface area (Å²) in [5, 5.41) is 3.77. The molecule has 0 aromatic heterocycles. The molecule has 0 saturated heterocycles. The van der Waals surface area contributed by atoms with Gasteiger partial charge in [0.2, 0.25) is 0 Å². The molecule has 0 aliphatic rings. The van der Waals surface area contributed by atoms with Crippen molar-refractivity contribution in [2.75, 3.05) is 0 Å². The van der Waals surface area contributed by atoms with Crippen molar-refractivity contribution in [1.29, 1.82) is 0 Å². The minimum atomic E-state index is 0.514. The van der Waals surface area contributed by atoms with E-state index in [1.54, 1.807) is 36.4 Å². The van der Waals surface area contributed by atoms with Gasteiger partial charge >= 0.3 is 0 Å². The number of benzene rings is 3. The molecule has 0 amide bonds. The van der Waals surface area contributed by atoms with Crippen molar-refractivity contribution in [2.24, 2.45) is 0 Å². The van der Waals surface area contributed by atoms with Crippen molar-refractivity contribution in [2.45, 2.75) is 0 Å². The number of hydrogen-bond acceptors (Lipinski definition) is 2. The molecule has 0 aliphatic heterocycles. The van der Waals surface area contributed by atoms with Crippen molar-refractivity contribution in [3.05, 3.63) is 57.6 Å².